The third-order valence-corrected chi connectivity index (χ3v) is 5.73. The van der Waals surface area contributed by atoms with Gasteiger partial charge in [-0.25, -0.2) is 4.98 Å². The Morgan fingerprint density at radius 3 is 2.47 bits per heavy atom. The van der Waals surface area contributed by atoms with Crippen molar-refractivity contribution in [2.75, 3.05) is 13.1 Å². The maximum atomic E-state index is 13.0. The van der Waals surface area contributed by atoms with E-state index >= 15 is 0 Å². The smallest absolute Gasteiger partial charge is 0.275 e. The van der Waals surface area contributed by atoms with Gasteiger partial charge in [0, 0.05) is 13.1 Å². The van der Waals surface area contributed by atoms with E-state index in [1.165, 1.54) is 6.26 Å². The number of nitrogens with zero attached hydrogens (tertiary/aromatic N) is 2. The van der Waals surface area contributed by atoms with E-state index in [0.717, 1.165) is 43.5 Å². The summed E-state index contributed by atoms with van der Waals surface area (Å²) in [7, 11) is 0. The van der Waals surface area contributed by atoms with Crippen LogP contribution < -0.4 is 11.1 Å². The highest BCUT2D eigenvalue weighted by Gasteiger charge is 2.28. The number of likely N-dealkylation sites (tertiary alicyclic amines) is 1. The molecule has 2 aromatic carbocycles. The summed E-state index contributed by atoms with van der Waals surface area (Å²) in [5, 5.41) is 2.96. The number of nitrogens with two attached hydrogens (primary N) is 1. The average Bonchev–Trinajstić information content (AvgIpc) is 3.32. The van der Waals surface area contributed by atoms with Crippen LogP contribution in [0.5, 0.6) is 0 Å². The largest absolute Gasteiger partial charge is 0.445 e. The second-order valence-electron chi connectivity index (χ2n) is 8.17. The molecule has 2 amide bonds. The molecule has 3 N–H and O–H groups in total. The van der Waals surface area contributed by atoms with E-state index in [1.54, 1.807) is 4.90 Å². The Hall–Kier alpha value is -3.45. The van der Waals surface area contributed by atoms with Gasteiger partial charge in [0.15, 0.2) is 5.69 Å². The predicted octanol–water partition coefficient (Wildman–Crippen LogP) is 3.51. The molecule has 1 fully saturated rings. The van der Waals surface area contributed by atoms with Crippen LogP contribution in [0.3, 0.4) is 0 Å². The van der Waals surface area contributed by atoms with E-state index in [-0.39, 0.29) is 23.4 Å². The van der Waals surface area contributed by atoms with Crippen LogP contribution in [-0.4, -0.2) is 34.8 Å². The zero-order valence-corrected chi connectivity index (χ0v) is 18.2. The van der Waals surface area contributed by atoms with E-state index in [4.69, 9.17) is 10.2 Å². The van der Waals surface area contributed by atoms with E-state index in [9.17, 15) is 9.59 Å². The standard InChI is InChI=1S/C25H28N4O3/c1-17-9-8-12-19(15-17)22(28-23(30)21(26)18-10-4-2-5-11-18)24-27-20(16-32-24)25(31)29-13-6-3-7-14-29/h2,4-5,8-12,15-16,21-22H,3,6-7,13-14,26H2,1H3,(H,28,30)/t21-,22?/m0/s1. The normalized spacial score (nSPS) is 15.8. The molecule has 1 aliphatic heterocycles. The summed E-state index contributed by atoms with van der Waals surface area (Å²) in [6, 6.07) is 15.4. The van der Waals surface area contributed by atoms with Gasteiger partial charge in [-0.05, 0) is 37.3 Å². The van der Waals surface area contributed by atoms with E-state index in [1.807, 2.05) is 61.5 Å². The van der Waals surface area contributed by atoms with Crippen LogP contribution in [0.15, 0.2) is 65.3 Å². The number of oxazole rings is 1. The van der Waals surface area contributed by atoms with Gasteiger partial charge in [0.25, 0.3) is 5.91 Å². The number of hydrogen-bond donors (Lipinski definition) is 2. The molecule has 7 nitrogen and oxygen atoms in total. The van der Waals surface area contributed by atoms with Crippen molar-refractivity contribution in [3.8, 4) is 0 Å². The zero-order valence-electron chi connectivity index (χ0n) is 18.2. The summed E-state index contributed by atoms with van der Waals surface area (Å²) < 4.78 is 5.71. The third-order valence-electron chi connectivity index (χ3n) is 5.73. The molecule has 0 saturated carbocycles. The topological polar surface area (TPSA) is 101 Å². The Morgan fingerprint density at radius 1 is 1.03 bits per heavy atom. The Morgan fingerprint density at radius 2 is 1.75 bits per heavy atom. The summed E-state index contributed by atoms with van der Waals surface area (Å²) in [5.41, 5.74) is 9.00. The summed E-state index contributed by atoms with van der Waals surface area (Å²) >= 11 is 0. The molecule has 0 bridgehead atoms. The minimum absolute atomic E-state index is 0.144. The monoisotopic (exact) mass is 432 g/mol. The predicted molar refractivity (Wildman–Crippen MR) is 121 cm³/mol. The molecule has 32 heavy (non-hydrogen) atoms. The molecule has 1 aliphatic rings. The van der Waals surface area contributed by atoms with Gasteiger partial charge in [0.1, 0.15) is 18.3 Å². The molecular weight excluding hydrogens is 404 g/mol. The highest BCUT2D eigenvalue weighted by Crippen LogP contribution is 2.25. The molecule has 7 heteroatoms. The van der Waals surface area contributed by atoms with Gasteiger partial charge in [-0.3, -0.25) is 9.59 Å². The second kappa shape index (κ2) is 9.78. The number of benzene rings is 2. The SMILES string of the molecule is Cc1cccc(C(NC(=O)[C@@H](N)c2ccccc2)c2nc(C(=O)N3CCCCC3)co2)c1. The second-order valence-corrected chi connectivity index (χ2v) is 8.17. The van der Waals surface area contributed by atoms with Gasteiger partial charge in [-0.1, -0.05) is 60.2 Å². The molecule has 0 radical (unpaired) electrons. The summed E-state index contributed by atoms with van der Waals surface area (Å²) in [5.74, 6) is -0.246. The summed E-state index contributed by atoms with van der Waals surface area (Å²) in [4.78, 5) is 32.1. The van der Waals surface area contributed by atoms with Crippen molar-refractivity contribution in [3.05, 3.63) is 89.1 Å². The van der Waals surface area contributed by atoms with Crippen LogP contribution >= 0.6 is 0 Å². The van der Waals surface area contributed by atoms with E-state index in [2.05, 4.69) is 10.3 Å². The molecular formula is C25H28N4O3. The van der Waals surface area contributed by atoms with Gasteiger partial charge in [0.05, 0.1) is 0 Å². The molecule has 1 saturated heterocycles. The zero-order chi connectivity index (χ0) is 22.5. The first-order chi connectivity index (χ1) is 15.5. The number of piperidine rings is 1. The number of nitrogens with one attached hydrogen (secondary N) is 1. The van der Waals surface area contributed by atoms with Crippen molar-refractivity contribution in [3.63, 3.8) is 0 Å². The fraction of sp³-hybridized carbons (Fsp3) is 0.320. The van der Waals surface area contributed by atoms with Gasteiger partial charge in [-0.2, -0.15) is 0 Å². The Kier molecular flexibility index (Phi) is 6.66. The lowest BCUT2D eigenvalue weighted by molar-refractivity contribution is -0.123. The number of carbonyl (C=O) groups is 2. The molecule has 1 aromatic heterocycles. The average molecular weight is 433 g/mol. The Labute approximate surface area is 187 Å². The van der Waals surface area contributed by atoms with Gasteiger partial charge >= 0.3 is 0 Å². The van der Waals surface area contributed by atoms with Gasteiger partial charge < -0.3 is 20.4 Å². The maximum Gasteiger partial charge on any atom is 0.275 e. The summed E-state index contributed by atoms with van der Waals surface area (Å²) in [6.45, 7) is 3.43. The van der Waals surface area contributed by atoms with E-state index < -0.39 is 12.1 Å². The number of aryl methyl sites for hydroxylation is 1. The Balaban J connectivity index is 1.60. The third kappa shape index (κ3) is 4.89. The number of aromatic nitrogens is 1. The maximum absolute atomic E-state index is 13.0. The fourth-order valence-corrected chi connectivity index (χ4v) is 3.96. The number of carbonyl (C=O) groups excluding carboxylic acids is 2. The number of amides is 2. The molecule has 2 atom stereocenters. The minimum atomic E-state index is -0.840. The van der Waals surface area contributed by atoms with Crippen LogP contribution in [0, 0.1) is 6.92 Å². The van der Waals surface area contributed by atoms with Crippen LogP contribution in [0.25, 0.3) is 0 Å². The van der Waals surface area contributed by atoms with Crippen molar-refractivity contribution in [2.45, 2.75) is 38.3 Å². The van der Waals surface area contributed by atoms with Crippen molar-refractivity contribution < 1.29 is 14.0 Å². The first-order valence-corrected chi connectivity index (χ1v) is 10.9. The van der Waals surface area contributed by atoms with Gasteiger partial charge in [0.2, 0.25) is 11.8 Å². The van der Waals surface area contributed by atoms with Crippen LogP contribution in [-0.2, 0) is 4.79 Å². The van der Waals surface area contributed by atoms with Crippen LogP contribution in [0.2, 0.25) is 0 Å². The molecule has 0 aliphatic carbocycles. The van der Waals surface area contributed by atoms with Crippen LogP contribution in [0.4, 0.5) is 0 Å². The molecule has 4 rings (SSSR count). The highest BCUT2D eigenvalue weighted by atomic mass is 16.3. The highest BCUT2D eigenvalue weighted by molar-refractivity contribution is 5.92. The van der Waals surface area contributed by atoms with Crippen molar-refractivity contribution in [1.29, 1.82) is 0 Å². The number of rotatable bonds is 6. The Bertz CT molecular complexity index is 1070. The molecule has 166 valence electrons. The molecule has 0 spiro atoms. The molecule has 1 unspecified atom stereocenters. The lowest BCUT2D eigenvalue weighted by Crippen LogP contribution is -2.37. The first-order valence-electron chi connectivity index (χ1n) is 10.9. The van der Waals surface area contributed by atoms with Crippen molar-refractivity contribution in [1.82, 2.24) is 15.2 Å². The summed E-state index contributed by atoms with van der Waals surface area (Å²) in [6.07, 6.45) is 4.50. The molecule has 3 aromatic rings. The van der Waals surface area contributed by atoms with E-state index in [0.29, 0.717) is 5.56 Å². The quantitative estimate of drug-likeness (QED) is 0.621. The lowest BCUT2D eigenvalue weighted by atomic mass is 10.0. The lowest BCUT2D eigenvalue weighted by Gasteiger charge is -2.25. The van der Waals surface area contributed by atoms with Crippen LogP contribution in [0.1, 0.15) is 64.4 Å². The minimum Gasteiger partial charge on any atom is -0.445 e. The molecule has 2 heterocycles. The fourth-order valence-electron chi connectivity index (χ4n) is 3.96. The number of hydrogen-bond acceptors (Lipinski definition) is 5. The first kappa shape index (κ1) is 21.8. The van der Waals surface area contributed by atoms with Gasteiger partial charge in [-0.15, -0.1) is 0 Å². The van der Waals surface area contributed by atoms with Crippen molar-refractivity contribution in [2.24, 2.45) is 5.73 Å². The van der Waals surface area contributed by atoms with Crippen molar-refractivity contribution >= 4 is 11.8 Å².